The number of rotatable bonds is 8. The van der Waals surface area contributed by atoms with E-state index in [4.69, 9.17) is 10.5 Å². The Hall–Kier alpha value is -0.170. The van der Waals surface area contributed by atoms with Crippen LogP contribution in [-0.4, -0.2) is 51.8 Å². The van der Waals surface area contributed by atoms with E-state index in [0.29, 0.717) is 26.0 Å². The summed E-state index contributed by atoms with van der Waals surface area (Å²) in [4.78, 5) is 0. The van der Waals surface area contributed by atoms with Crippen molar-refractivity contribution in [2.45, 2.75) is 25.8 Å². The van der Waals surface area contributed by atoms with Crippen molar-refractivity contribution in [2.24, 2.45) is 5.73 Å². The SMILES string of the molecule is COCCCS(=O)(=O)N(C)C(C)CCN. The molecule has 0 aliphatic carbocycles. The molecule has 1 atom stereocenters. The zero-order valence-electron chi connectivity index (χ0n) is 9.77. The van der Waals surface area contributed by atoms with E-state index in [1.165, 1.54) is 4.31 Å². The van der Waals surface area contributed by atoms with Gasteiger partial charge in [0.1, 0.15) is 0 Å². The third-order valence-corrected chi connectivity index (χ3v) is 4.44. The van der Waals surface area contributed by atoms with Crippen molar-refractivity contribution in [1.82, 2.24) is 4.31 Å². The second-order valence-corrected chi connectivity index (χ2v) is 5.75. The molecule has 0 bridgehead atoms. The van der Waals surface area contributed by atoms with E-state index in [9.17, 15) is 8.42 Å². The molecule has 0 fully saturated rings. The van der Waals surface area contributed by atoms with Crippen molar-refractivity contribution in [3.8, 4) is 0 Å². The Balaban J connectivity index is 4.19. The van der Waals surface area contributed by atoms with Gasteiger partial charge in [0.15, 0.2) is 0 Å². The van der Waals surface area contributed by atoms with Crippen molar-refractivity contribution in [1.29, 1.82) is 0 Å². The average molecular weight is 238 g/mol. The summed E-state index contributed by atoms with van der Waals surface area (Å²) in [5.74, 6) is 0.131. The predicted molar refractivity (Wildman–Crippen MR) is 61.2 cm³/mol. The molecule has 0 aliphatic heterocycles. The number of methoxy groups -OCH3 is 1. The van der Waals surface area contributed by atoms with Gasteiger partial charge < -0.3 is 10.5 Å². The minimum absolute atomic E-state index is 0.0393. The van der Waals surface area contributed by atoms with Crippen molar-refractivity contribution < 1.29 is 13.2 Å². The van der Waals surface area contributed by atoms with Crippen molar-refractivity contribution >= 4 is 10.0 Å². The number of nitrogens with zero attached hydrogens (tertiary/aromatic N) is 1. The van der Waals surface area contributed by atoms with Gasteiger partial charge in [-0.1, -0.05) is 0 Å². The zero-order chi connectivity index (χ0) is 11.9. The molecule has 0 radical (unpaired) electrons. The molecule has 0 saturated heterocycles. The van der Waals surface area contributed by atoms with Crippen LogP contribution in [0.25, 0.3) is 0 Å². The summed E-state index contributed by atoms with van der Waals surface area (Å²) in [5, 5.41) is 0. The highest BCUT2D eigenvalue weighted by Crippen LogP contribution is 2.08. The second kappa shape index (κ2) is 7.16. The summed E-state index contributed by atoms with van der Waals surface area (Å²) >= 11 is 0. The van der Waals surface area contributed by atoms with E-state index < -0.39 is 10.0 Å². The Morgan fingerprint density at radius 3 is 2.53 bits per heavy atom. The number of nitrogens with two attached hydrogens (primary N) is 1. The molecular formula is C9H22N2O3S. The molecule has 0 aromatic heterocycles. The molecular weight excluding hydrogens is 216 g/mol. The van der Waals surface area contributed by atoms with E-state index in [2.05, 4.69) is 0 Å². The highest BCUT2D eigenvalue weighted by atomic mass is 32.2. The van der Waals surface area contributed by atoms with Gasteiger partial charge in [-0.05, 0) is 26.3 Å². The van der Waals surface area contributed by atoms with Gasteiger partial charge in [0.25, 0.3) is 0 Å². The van der Waals surface area contributed by atoms with Crippen LogP contribution in [0.2, 0.25) is 0 Å². The zero-order valence-corrected chi connectivity index (χ0v) is 10.6. The van der Waals surface area contributed by atoms with Crippen LogP contribution in [0.3, 0.4) is 0 Å². The largest absolute Gasteiger partial charge is 0.385 e. The van der Waals surface area contributed by atoms with Crippen LogP contribution in [0.4, 0.5) is 0 Å². The third-order valence-electron chi connectivity index (χ3n) is 2.39. The van der Waals surface area contributed by atoms with Crippen molar-refractivity contribution in [3.05, 3.63) is 0 Å². The highest BCUT2D eigenvalue weighted by Gasteiger charge is 2.21. The highest BCUT2D eigenvalue weighted by molar-refractivity contribution is 7.89. The fourth-order valence-electron chi connectivity index (χ4n) is 1.23. The molecule has 2 N–H and O–H groups in total. The number of sulfonamides is 1. The monoisotopic (exact) mass is 238 g/mol. The Kier molecular flexibility index (Phi) is 7.08. The molecule has 0 aliphatic rings. The summed E-state index contributed by atoms with van der Waals surface area (Å²) in [6.45, 7) is 2.83. The minimum atomic E-state index is -3.16. The molecule has 0 amide bonds. The lowest BCUT2D eigenvalue weighted by atomic mass is 10.2. The molecule has 15 heavy (non-hydrogen) atoms. The smallest absolute Gasteiger partial charge is 0.214 e. The fraction of sp³-hybridized carbons (Fsp3) is 1.00. The molecule has 92 valence electrons. The Labute approximate surface area is 92.6 Å². The Morgan fingerprint density at radius 1 is 1.47 bits per heavy atom. The summed E-state index contributed by atoms with van der Waals surface area (Å²) in [7, 11) is 0.00636. The van der Waals surface area contributed by atoms with Crippen LogP contribution in [-0.2, 0) is 14.8 Å². The first-order valence-corrected chi connectivity index (χ1v) is 6.71. The van der Waals surface area contributed by atoms with Crippen LogP contribution in [0.1, 0.15) is 19.8 Å². The van der Waals surface area contributed by atoms with Gasteiger partial charge in [0.2, 0.25) is 10.0 Å². The van der Waals surface area contributed by atoms with Crippen molar-refractivity contribution in [2.75, 3.05) is 33.1 Å². The van der Waals surface area contributed by atoms with Gasteiger partial charge >= 0.3 is 0 Å². The van der Waals surface area contributed by atoms with E-state index in [-0.39, 0.29) is 11.8 Å². The molecule has 0 saturated carbocycles. The summed E-state index contributed by atoms with van der Waals surface area (Å²) in [5.41, 5.74) is 5.39. The lowest BCUT2D eigenvalue weighted by molar-refractivity contribution is 0.199. The molecule has 6 heteroatoms. The van der Waals surface area contributed by atoms with Crippen LogP contribution in [0, 0.1) is 0 Å². The normalized spacial score (nSPS) is 14.5. The maximum Gasteiger partial charge on any atom is 0.214 e. The second-order valence-electron chi connectivity index (χ2n) is 3.60. The molecule has 0 aromatic rings. The molecule has 5 nitrogen and oxygen atoms in total. The van der Waals surface area contributed by atoms with E-state index in [1.54, 1.807) is 14.2 Å². The Morgan fingerprint density at radius 2 is 2.07 bits per heavy atom. The van der Waals surface area contributed by atoms with Gasteiger partial charge in [0.05, 0.1) is 5.75 Å². The van der Waals surface area contributed by atoms with Crippen LogP contribution in [0.15, 0.2) is 0 Å². The maximum absolute atomic E-state index is 11.8. The van der Waals surface area contributed by atoms with Crippen LogP contribution in [0.5, 0.6) is 0 Å². The van der Waals surface area contributed by atoms with Gasteiger partial charge in [0, 0.05) is 26.8 Å². The first kappa shape index (κ1) is 14.8. The molecule has 0 aromatic carbocycles. The lowest BCUT2D eigenvalue weighted by Crippen LogP contribution is -2.38. The molecule has 0 spiro atoms. The van der Waals surface area contributed by atoms with Gasteiger partial charge in [-0.3, -0.25) is 0 Å². The standard InChI is InChI=1S/C9H22N2O3S/c1-9(5-6-10)11(2)15(12,13)8-4-7-14-3/h9H,4-8,10H2,1-3H3. The number of hydrogen-bond donors (Lipinski definition) is 1. The van der Waals surface area contributed by atoms with Crippen molar-refractivity contribution in [3.63, 3.8) is 0 Å². The van der Waals surface area contributed by atoms with Gasteiger partial charge in [-0.2, -0.15) is 0 Å². The van der Waals surface area contributed by atoms with Gasteiger partial charge in [-0.25, -0.2) is 12.7 Å². The fourth-order valence-corrected chi connectivity index (χ4v) is 2.65. The summed E-state index contributed by atoms with van der Waals surface area (Å²) < 4.78 is 29.7. The number of ether oxygens (including phenoxy) is 1. The third kappa shape index (κ3) is 5.46. The summed E-state index contributed by atoms with van der Waals surface area (Å²) in [6, 6.07) is -0.0393. The average Bonchev–Trinajstić information content (AvgIpc) is 2.17. The number of hydrogen-bond acceptors (Lipinski definition) is 4. The van der Waals surface area contributed by atoms with E-state index in [0.717, 1.165) is 0 Å². The van der Waals surface area contributed by atoms with Crippen LogP contribution >= 0.6 is 0 Å². The quantitative estimate of drug-likeness (QED) is 0.605. The van der Waals surface area contributed by atoms with Gasteiger partial charge in [-0.15, -0.1) is 0 Å². The maximum atomic E-state index is 11.8. The molecule has 0 heterocycles. The van der Waals surface area contributed by atoms with E-state index >= 15 is 0 Å². The van der Waals surface area contributed by atoms with Crippen LogP contribution < -0.4 is 5.73 Å². The van der Waals surface area contributed by atoms with E-state index in [1.807, 2.05) is 6.92 Å². The topological polar surface area (TPSA) is 72.6 Å². The molecule has 1 unspecified atom stereocenters. The molecule has 0 rings (SSSR count). The minimum Gasteiger partial charge on any atom is -0.385 e. The first-order valence-electron chi connectivity index (χ1n) is 5.10. The summed E-state index contributed by atoms with van der Waals surface area (Å²) in [6.07, 6.45) is 1.21. The Bertz CT molecular complexity index is 254. The first-order chi connectivity index (χ1) is 6.95. The lowest BCUT2D eigenvalue weighted by Gasteiger charge is -2.23. The predicted octanol–water partition coefficient (Wildman–Crippen LogP) is 0.0218.